The quantitative estimate of drug-likeness (QED) is 0.862. The lowest BCUT2D eigenvalue weighted by molar-refractivity contribution is -0.143. The number of hydrogen-bond acceptors (Lipinski definition) is 4. The van der Waals surface area contributed by atoms with Crippen LogP contribution in [0.4, 0.5) is 0 Å². The summed E-state index contributed by atoms with van der Waals surface area (Å²) in [5.74, 6) is -1.23. The molecule has 2 rings (SSSR count). The highest BCUT2D eigenvalue weighted by atomic mass is 16.5. The molecule has 0 amide bonds. The fourth-order valence-electron chi connectivity index (χ4n) is 2.51. The molecule has 0 aromatic carbocycles. The fourth-order valence-corrected chi connectivity index (χ4v) is 2.51. The van der Waals surface area contributed by atoms with Crippen molar-refractivity contribution in [3.63, 3.8) is 0 Å². The first-order valence-corrected chi connectivity index (χ1v) is 6.52. The molecule has 1 saturated heterocycles. The van der Waals surface area contributed by atoms with Crippen molar-refractivity contribution in [2.75, 3.05) is 20.3 Å². The van der Waals surface area contributed by atoms with Gasteiger partial charge in [-0.25, -0.2) is 4.98 Å². The lowest BCUT2D eigenvalue weighted by Gasteiger charge is -2.26. The molecule has 1 aliphatic heterocycles. The molecule has 2 atom stereocenters. The molecule has 0 saturated carbocycles. The van der Waals surface area contributed by atoms with Gasteiger partial charge in [-0.1, -0.05) is 0 Å². The van der Waals surface area contributed by atoms with Crippen LogP contribution in [0.3, 0.4) is 0 Å². The summed E-state index contributed by atoms with van der Waals surface area (Å²) in [6.45, 7) is 5.65. The number of imidazole rings is 1. The number of carboxylic acid groups (broad SMARTS) is 1. The Labute approximate surface area is 113 Å². The smallest absolute Gasteiger partial charge is 0.310 e. The van der Waals surface area contributed by atoms with Crippen LogP contribution in [0.2, 0.25) is 0 Å². The van der Waals surface area contributed by atoms with Gasteiger partial charge in [0.25, 0.3) is 0 Å². The third kappa shape index (κ3) is 2.96. The Balaban J connectivity index is 2.06. The number of carbonyl (C=O) groups is 1. The highest BCUT2D eigenvalue weighted by Gasteiger charge is 2.36. The average molecular weight is 267 g/mol. The molecule has 106 valence electrons. The van der Waals surface area contributed by atoms with Gasteiger partial charge in [0.05, 0.1) is 31.2 Å². The maximum atomic E-state index is 11.2. The Kier molecular flexibility index (Phi) is 4.21. The number of likely N-dealkylation sites (N-methyl/N-ethyl adjacent to an activating group) is 1. The van der Waals surface area contributed by atoms with Gasteiger partial charge in [-0.15, -0.1) is 0 Å². The predicted molar refractivity (Wildman–Crippen MR) is 69.8 cm³/mol. The molecule has 1 aromatic heterocycles. The Bertz CT molecular complexity index is 444. The van der Waals surface area contributed by atoms with Crippen LogP contribution in [0.5, 0.6) is 0 Å². The van der Waals surface area contributed by atoms with E-state index in [1.165, 1.54) is 0 Å². The van der Waals surface area contributed by atoms with E-state index in [0.717, 1.165) is 5.69 Å². The standard InChI is InChI=1S/C13H21N3O3/c1-9(2)16-8-14-4-10(16)5-15(3)12-7-19-6-11(12)13(17)18/h4,8-9,11-12H,5-7H2,1-3H3,(H,17,18). The molecule has 2 heterocycles. The lowest BCUT2D eigenvalue weighted by Crippen LogP contribution is -2.40. The van der Waals surface area contributed by atoms with Crippen LogP contribution in [0.1, 0.15) is 25.6 Å². The number of nitrogens with zero attached hydrogens (tertiary/aromatic N) is 3. The second-order valence-electron chi connectivity index (χ2n) is 5.35. The highest BCUT2D eigenvalue weighted by Crippen LogP contribution is 2.21. The first-order chi connectivity index (χ1) is 9.00. The zero-order valence-corrected chi connectivity index (χ0v) is 11.6. The van der Waals surface area contributed by atoms with E-state index in [1.54, 1.807) is 0 Å². The summed E-state index contributed by atoms with van der Waals surface area (Å²) >= 11 is 0. The van der Waals surface area contributed by atoms with E-state index < -0.39 is 11.9 Å². The van der Waals surface area contributed by atoms with Crippen molar-refractivity contribution in [1.82, 2.24) is 14.5 Å². The Hall–Kier alpha value is -1.40. The number of rotatable bonds is 5. The van der Waals surface area contributed by atoms with Crippen LogP contribution < -0.4 is 0 Å². The lowest BCUT2D eigenvalue weighted by atomic mass is 10.0. The van der Waals surface area contributed by atoms with Crippen molar-refractivity contribution < 1.29 is 14.6 Å². The van der Waals surface area contributed by atoms with Gasteiger partial charge in [0.2, 0.25) is 0 Å². The second kappa shape index (κ2) is 5.71. The van der Waals surface area contributed by atoms with E-state index >= 15 is 0 Å². The Morgan fingerprint density at radius 2 is 2.37 bits per heavy atom. The Morgan fingerprint density at radius 3 is 3.00 bits per heavy atom. The van der Waals surface area contributed by atoms with Crippen molar-refractivity contribution in [2.45, 2.75) is 32.5 Å². The minimum atomic E-state index is -0.785. The van der Waals surface area contributed by atoms with Crippen molar-refractivity contribution in [3.8, 4) is 0 Å². The summed E-state index contributed by atoms with van der Waals surface area (Å²) in [4.78, 5) is 17.4. The maximum absolute atomic E-state index is 11.2. The van der Waals surface area contributed by atoms with Gasteiger partial charge in [0.1, 0.15) is 0 Å². The van der Waals surface area contributed by atoms with E-state index in [-0.39, 0.29) is 6.04 Å². The van der Waals surface area contributed by atoms with Gasteiger partial charge in [-0.05, 0) is 20.9 Å². The number of hydrogen-bond donors (Lipinski definition) is 1. The summed E-state index contributed by atoms with van der Waals surface area (Å²) in [5.41, 5.74) is 1.09. The summed E-state index contributed by atoms with van der Waals surface area (Å²) in [6, 6.07) is 0.272. The monoisotopic (exact) mass is 267 g/mol. The number of aromatic nitrogens is 2. The van der Waals surface area contributed by atoms with Gasteiger partial charge >= 0.3 is 5.97 Å². The summed E-state index contributed by atoms with van der Waals surface area (Å²) in [7, 11) is 1.94. The minimum Gasteiger partial charge on any atom is -0.481 e. The molecule has 1 fully saturated rings. The van der Waals surface area contributed by atoms with Crippen LogP contribution in [-0.2, 0) is 16.1 Å². The molecule has 0 bridgehead atoms. The average Bonchev–Trinajstić information content (AvgIpc) is 2.96. The van der Waals surface area contributed by atoms with E-state index in [1.807, 2.05) is 24.5 Å². The summed E-state index contributed by atoms with van der Waals surface area (Å²) in [6.07, 6.45) is 3.65. The van der Waals surface area contributed by atoms with Crippen LogP contribution in [0.15, 0.2) is 12.5 Å². The number of ether oxygens (including phenoxy) is 1. The van der Waals surface area contributed by atoms with E-state index in [2.05, 4.69) is 23.4 Å². The first-order valence-electron chi connectivity index (χ1n) is 6.52. The van der Waals surface area contributed by atoms with Crippen LogP contribution in [0, 0.1) is 5.92 Å². The minimum absolute atomic E-state index is 0.0759. The zero-order chi connectivity index (χ0) is 14.0. The van der Waals surface area contributed by atoms with Crippen molar-refractivity contribution in [1.29, 1.82) is 0 Å². The third-order valence-corrected chi connectivity index (χ3v) is 3.65. The van der Waals surface area contributed by atoms with Crippen molar-refractivity contribution in [2.24, 2.45) is 5.92 Å². The predicted octanol–water partition coefficient (Wildman–Crippen LogP) is 0.995. The summed E-state index contributed by atoms with van der Waals surface area (Å²) < 4.78 is 7.40. The zero-order valence-electron chi connectivity index (χ0n) is 11.6. The van der Waals surface area contributed by atoms with Gasteiger partial charge in [0.15, 0.2) is 0 Å². The van der Waals surface area contributed by atoms with Crippen molar-refractivity contribution >= 4 is 5.97 Å². The third-order valence-electron chi connectivity index (χ3n) is 3.65. The molecule has 1 N–H and O–H groups in total. The molecule has 0 spiro atoms. The fraction of sp³-hybridized carbons (Fsp3) is 0.692. The normalized spacial score (nSPS) is 23.4. The van der Waals surface area contributed by atoms with E-state index in [9.17, 15) is 9.90 Å². The topological polar surface area (TPSA) is 67.6 Å². The van der Waals surface area contributed by atoms with Gasteiger partial charge in [0, 0.05) is 24.8 Å². The maximum Gasteiger partial charge on any atom is 0.310 e. The molecule has 0 radical (unpaired) electrons. The van der Waals surface area contributed by atoms with Crippen LogP contribution in [0.25, 0.3) is 0 Å². The van der Waals surface area contributed by atoms with Crippen LogP contribution in [-0.4, -0.2) is 51.8 Å². The van der Waals surface area contributed by atoms with Crippen molar-refractivity contribution in [3.05, 3.63) is 18.2 Å². The molecule has 6 nitrogen and oxygen atoms in total. The number of carboxylic acids is 1. The molecule has 19 heavy (non-hydrogen) atoms. The largest absolute Gasteiger partial charge is 0.481 e. The SMILES string of the molecule is CC(C)n1cncc1CN(C)C1COCC1C(=O)O. The van der Waals surface area contributed by atoms with E-state index in [0.29, 0.717) is 25.8 Å². The van der Waals surface area contributed by atoms with Gasteiger partial charge in [-0.2, -0.15) is 0 Å². The molecule has 1 aliphatic rings. The van der Waals surface area contributed by atoms with Crippen LogP contribution >= 0.6 is 0 Å². The first kappa shape index (κ1) is 14.0. The molecular formula is C13H21N3O3. The molecule has 6 heteroatoms. The molecule has 0 aliphatic carbocycles. The summed E-state index contributed by atoms with van der Waals surface area (Å²) in [5, 5.41) is 9.18. The van der Waals surface area contributed by atoms with Gasteiger partial charge < -0.3 is 14.4 Å². The Morgan fingerprint density at radius 1 is 1.63 bits per heavy atom. The molecular weight excluding hydrogens is 246 g/mol. The molecule has 1 aromatic rings. The van der Waals surface area contributed by atoms with Gasteiger partial charge in [-0.3, -0.25) is 9.69 Å². The second-order valence-corrected chi connectivity index (χ2v) is 5.35. The molecule has 2 unspecified atom stereocenters. The van der Waals surface area contributed by atoms with E-state index in [4.69, 9.17) is 4.74 Å². The highest BCUT2D eigenvalue weighted by molar-refractivity contribution is 5.71. The number of aliphatic carboxylic acids is 1.